The number of aryl methyl sites for hydroxylation is 2. The predicted molar refractivity (Wildman–Crippen MR) is 74.1 cm³/mol. The summed E-state index contributed by atoms with van der Waals surface area (Å²) in [7, 11) is 0. The largest absolute Gasteiger partial charge is 0.384 e. The van der Waals surface area contributed by atoms with Crippen LogP contribution in [0.4, 0.5) is 0 Å². The first kappa shape index (κ1) is 12.3. The molecule has 0 aliphatic heterocycles. The van der Waals surface area contributed by atoms with Crippen LogP contribution in [-0.4, -0.2) is 5.11 Å². The summed E-state index contributed by atoms with van der Waals surface area (Å²) in [5.41, 5.74) is 4.14. The molecule has 1 atom stereocenters. The van der Waals surface area contributed by atoms with E-state index in [0.29, 0.717) is 0 Å². The molecule has 0 aliphatic carbocycles. The van der Waals surface area contributed by atoms with Crippen molar-refractivity contribution < 1.29 is 5.11 Å². The summed E-state index contributed by atoms with van der Waals surface area (Å²) in [5.74, 6) is 0. The molecule has 0 bridgehead atoms. The van der Waals surface area contributed by atoms with E-state index in [1.165, 1.54) is 0 Å². The fourth-order valence-corrected chi connectivity index (χ4v) is 2.16. The van der Waals surface area contributed by atoms with Gasteiger partial charge in [0.25, 0.3) is 0 Å². The van der Waals surface area contributed by atoms with Gasteiger partial charge in [0.05, 0.1) is 0 Å². The van der Waals surface area contributed by atoms with E-state index in [1.807, 2.05) is 56.3 Å². The Morgan fingerprint density at radius 1 is 1.00 bits per heavy atom. The smallest absolute Gasteiger partial charge is 0.104 e. The maximum Gasteiger partial charge on any atom is 0.104 e. The van der Waals surface area contributed by atoms with E-state index in [1.54, 1.807) is 0 Å². The van der Waals surface area contributed by atoms with E-state index in [-0.39, 0.29) is 0 Å². The molecule has 2 heteroatoms. The highest BCUT2D eigenvalue weighted by Gasteiger charge is 2.12. The molecule has 2 aromatic rings. The van der Waals surface area contributed by atoms with Crippen molar-refractivity contribution in [3.8, 4) is 0 Å². The molecule has 0 radical (unpaired) electrons. The second-order valence-corrected chi connectivity index (χ2v) is 5.12. The molecule has 1 nitrogen and oxygen atoms in total. The third-order valence-corrected chi connectivity index (χ3v) is 3.87. The van der Waals surface area contributed by atoms with Crippen LogP contribution in [-0.2, 0) is 0 Å². The number of rotatable bonds is 2. The first-order valence-electron chi connectivity index (χ1n) is 5.59. The van der Waals surface area contributed by atoms with Crippen LogP contribution in [0.2, 0.25) is 0 Å². The van der Waals surface area contributed by atoms with Crippen molar-refractivity contribution in [1.82, 2.24) is 0 Å². The van der Waals surface area contributed by atoms with Crippen molar-refractivity contribution in [3.05, 3.63) is 69.2 Å². The van der Waals surface area contributed by atoms with Crippen molar-refractivity contribution in [2.75, 3.05) is 0 Å². The molecule has 17 heavy (non-hydrogen) atoms. The van der Waals surface area contributed by atoms with E-state index >= 15 is 0 Å². The predicted octanol–water partition coefficient (Wildman–Crippen LogP) is 4.15. The Morgan fingerprint density at radius 2 is 1.71 bits per heavy atom. The van der Waals surface area contributed by atoms with E-state index in [2.05, 4.69) is 15.9 Å². The molecule has 1 unspecified atom stereocenters. The van der Waals surface area contributed by atoms with E-state index in [0.717, 1.165) is 26.7 Å². The van der Waals surface area contributed by atoms with Crippen LogP contribution in [0.1, 0.15) is 28.4 Å². The fraction of sp³-hybridized carbons (Fsp3) is 0.200. The number of aliphatic hydroxyl groups excluding tert-OH is 1. The van der Waals surface area contributed by atoms with Crippen LogP contribution in [0.25, 0.3) is 0 Å². The van der Waals surface area contributed by atoms with E-state index in [4.69, 9.17) is 0 Å². The number of hydrogen-bond acceptors (Lipinski definition) is 1. The molecular formula is C15H15BrO. The van der Waals surface area contributed by atoms with Crippen LogP contribution in [0.3, 0.4) is 0 Å². The first-order valence-corrected chi connectivity index (χ1v) is 6.38. The van der Waals surface area contributed by atoms with Crippen LogP contribution >= 0.6 is 15.9 Å². The lowest BCUT2D eigenvalue weighted by molar-refractivity contribution is 0.219. The molecule has 2 aromatic carbocycles. The highest BCUT2D eigenvalue weighted by atomic mass is 79.9. The van der Waals surface area contributed by atoms with Gasteiger partial charge in [-0.05, 0) is 42.2 Å². The molecule has 0 aliphatic rings. The van der Waals surface area contributed by atoms with Crippen molar-refractivity contribution >= 4 is 15.9 Å². The number of halogens is 1. The molecule has 0 spiro atoms. The summed E-state index contributed by atoms with van der Waals surface area (Å²) >= 11 is 3.47. The minimum atomic E-state index is -0.553. The van der Waals surface area contributed by atoms with Crippen LogP contribution in [0, 0.1) is 13.8 Å². The number of benzene rings is 2. The average Bonchev–Trinajstić information content (AvgIpc) is 2.32. The zero-order chi connectivity index (χ0) is 12.4. The van der Waals surface area contributed by atoms with Gasteiger partial charge in [-0.1, -0.05) is 52.3 Å². The van der Waals surface area contributed by atoms with Crippen LogP contribution < -0.4 is 0 Å². The van der Waals surface area contributed by atoms with Gasteiger partial charge in [0.15, 0.2) is 0 Å². The Labute approximate surface area is 110 Å². The highest BCUT2D eigenvalue weighted by molar-refractivity contribution is 9.10. The molecule has 2 rings (SSSR count). The Bertz CT molecular complexity index is 534. The normalized spacial score (nSPS) is 12.5. The third kappa shape index (κ3) is 2.59. The molecule has 0 amide bonds. The standard InChI is InChI=1S/C15H15BrO/c1-10-5-3-4-6-13(10)15(17)12-7-8-14(16)11(2)9-12/h3-9,15,17H,1-2H3. The zero-order valence-electron chi connectivity index (χ0n) is 9.94. The SMILES string of the molecule is Cc1cc(C(O)c2ccccc2C)ccc1Br. The van der Waals surface area contributed by atoms with Crippen molar-refractivity contribution in [1.29, 1.82) is 0 Å². The van der Waals surface area contributed by atoms with Crippen molar-refractivity contribution in [3.63, 3.8) is 0 Å². The van der Waals surface area contributed by atoms with Gasteiger partial charge in [-0.15, -0.1) is 0 Å². The molecule has 88 valence electrons. The minimum absolute atomic E-state index is 0.553. The second kappa shape index (κ2) is 5.03. The molecule has 0 heterocycles. The van der Waals surface area contributed by atoms with Gasteiger partial charge in [0.2, 0.25) is 0 Å². The maximum absolute atomic E-state index is 10.4. The molecule has 0 saturated heterocycles. The quantitative estimate of drug-likeness (QED) is 0.881. The average molecular weight is 291 g/mol. The lowest BCUT2D eigenvalue weighted by Crippen LogP contribution is -2.02. The van der Waals surface area contributed by atoms with Gasteiger partial charge >= 0.3 is 0 Å². The monoisotopic (exact) mass is 290 g/mol. The van der Waals surface area contributed by atoms with Crippen LogP contribution in [0.5, 0.6) is 0 Å². The third-order valence-electron chi connectivity index (χ3n) is 2.98. The van der Waals surface area contributed by atoms with Gasteiger partial charge in [0, 0.05) is 4.47 Å². The van der Waals surface area contributed by atoms with Gasteiger partial charge in [-0.25, -0.2) is 0 Å². The Morgan fingerprint density at radius 3 is 2.35 bits per heavy atom. The van der Waals surface area contributed by atoms with Gasteiger partial charge in [-0.2, -0.15) is 0 Å². The summed E-state index contributed by atoms with van der Waals surface area (Å²) in [4.78, 5) is 0. The molecular weight excluding hydrogens is 276 g/mol. The Hall–Kier alpha value is -1.12. The summed E-state index contributed by atoms with van der Waals surface area (Å²) in [6.07, 6.45) is -0.553. The summed E-state index contributed by atoms with van der Waals surface area (Å²) in [6.45, 7) is 4.04. The minimum Gasteiger partial charge on any atom is -0.384 e. The summed E-state index contributed by atoms with van der Waals surface area (Å²) in [5, 5.41) is 10.4. The molecule has 0 saturated carbocycles. The maximum atomic E-state index is 10.4. The topological polar surface area (TPSA) is 20.2 Å². The van der Waals surface area contributed by atoms with Gasteiger partial charge in [-0.3, -0.25) is 0 Å². The van der Waals surface area contributed by atoms with E-state index in [9.17, 15) is 5.11 Å². The highest BCUT2D eigenvalue weighted by Crippen LogP contribution is 2.27. The summed E-state index contributed by atoms with van der Waals surface area (Å²) in [6, 6.07) is 13.9. The number of aliphatic hydroxyl groups is 1. The summed E-state index contributed by atoms with van der Waals surface area (Å²) < 4.78 is 1.07. The Balaban J connectivity index is 2.40. The molecule has 0 fully saturated rings. The van der Waals surface area contributed by atoms with Crippen molar-refractivity contribution in [2.24, 2.45) is 0 Å². The number of hydrogen-bond donors (Lipinski definition) is 1. The molecule has 0 aromatic heterocycles. The fourth-order valence-electron chi connectivity index (χ4n) is 1.91. The van der Waals surface area contributed by atoms with E-state index < -0.39 is 6.10 Å². The van der Waals surface area contributed by atoms with Crippen molar-refractivity contribution in [2.45, 2.75) is 20.0 Å². The second-order valence-electron chi connectivity index (χ2n) is 4.27. The lowest BCUT2D eigenvalue weighted by atomic mass is 9.97. The van der Waals surface area contributed by atoms with Crippen LogP contribution in [0.15, 0.2) is 46.9 Å². The van der Waals surface area contributed by atoms with Gasteiger partial charge in [0.1, 0.15) is 6.10 Å². The zero-order valence-corrected chi connectivity index (χ0v) is 11.5. The van der Waals surface area contributed by atoms with Gasteiger partial charge < -0.3 is 5.11 Å². The molecule has 1 N–H and O–H groups in total. The lowest BCUT2D eigenvalue weighted by Gasteiger charge is -2.15. The first-order chi connectivity index (χ1) is 8.09. The Kier molecular flexibility index (Phi) is 3.65.